The Morgan fingerprint density at radius 3 is 2.68 bits per heavy atom. The van der Waals surface area contributed by atoms with Crippen LogP contribution in [0.15, 0.2) is 62.3 Å². The molecule has 7 heteroatoms. The fourth-order valence-electron chi connectivity index (χ4n) is 3.16. The van der Waals surface area contributed by atoms with Gasteiger partial charge < -0.3 is 9.64 Å². The first-order chi connectivity index (χ1) is 13.5. The Hall–Kier alpha value is -2.38. The summed E-state index contributed by atoms with van der Waals surface area (Å²) in [6, 6.07) is 14.0. The van der Waals surface area contributed by atoms with E-state index in [-0.39, 0.29) is 5.91 Å². The Kier molecular flexibility index (Phi) is 5.12. The molecule has 0 aromatic heterocycles. The van der Waals surface area contributed by atoms with E-state index in [1.165, 1.54) is 11.8 Å². The number of rotatable bonds is 3. The summed E-state index contributed by atoms with van der Waals surface area (Å²) in [7, 11) is 3.65. The number of likely N-dealkylation sites (N-methyl/N-ethyl adjacent to an activating group) is 1. The predicted molar refractivity (Wildman–Crippen MR) is 118 cm³/mol. The van der Waals surface area contributed by atoms with Gasteiger partial charge in [0.1, 0.15) is 10.7 Å². The van der Waals surface area contributed by atoms with Gasteiger partial charge in [-0.25, -0.2) is 4.99 Å². The summed E-state index contributed by atoms with van der Waals surface area (Å²) in [5.41, 5.74) is 3.06. The minimum atomic E-state index is 0.00743. The lowest BCUT2D eigenvalue weighted by molar-refractivity contribution is -0.122. The summed E-state index contributed by atoms with van der Waals surface area (Å²) < 4.78 is 5.35. The van der Waals surface area contributed by atoms with Crippen molar-refractivity contribution in [1.29, 1.82) is 0 Å². The molecular formula is C21H21N3O2S2. The number of anilines is 1. The first-order valence-corrected chi connectivity index (χ1v) is 10.6. The summed E-state index contributed by atoms with van der Waals surface area (Å²) >= 11 is 3.06. The van der Waals surface area contributed by atoms with Gasteiger partial charge in [-0.05, 0) is 55.4 Å². The second-order valence-electron chi connectivity index (χ2n) is 6.51. The van der Waals surface area contributed by atoms with Gasteiger partial charge in [0, 0.05) is 24.6 Å². The molecule has 5 nitrogen and oxygen atoms in total. The minimum Gasteiger partial charge on any atom is -0.497 e. The van der Waals surface area contributed by atoms with E-state index >= 15 is 0 Å². The van der Waals surface area contributed by atoms with Crippen molar-refractivity contribution in [2.24, 2.45) is 4.99 Å². The number of fused-ring (bicyclic) bond motifs is 1. The highest BCUT2D eigenvalue weighted by atomic mass is 32.2. The van der Waals surface area contributed by atoms with Crippen LogP contribution in [0.5, 0.6) is 5.75 Å². The molecular weight excluding hydrogens is 390 g/mol. The lowest BCUT2D eigenvalue weighted by Gasteiger charge is -2.15. The molecule has 4 rings (SSSR count). The number of methoxy groups -OCH3 is 1. The van der Waals surface area contributed by atoms with Gasteiger partial charge in [0.15, 0.2) is 5.17 Å². The van der Waals surface area contributed by atoms with Crippen LogP contribution >= 0.6 is 23.5 Å². The lowest BCUT2D eigenvalue weighted by Crippen LogP contribution is -2.29. The number of amides is 1. The van der Waals surface area contributed by atoms with Crippen molar-refractivity contribution in [2.45, 2.75) is 18.7 Å². The molecule has 0 bridgehead atoms. The molecule has 1 fully saturated rings. The van der Waals surface area contributed by atoms with Gasteiger partial charge in [-0.15, -0.1) is 0 Å². The van der Waals surface area contributed by atoms with E-state index in [0.29, 0.717) is 6.54 Å². The van der Waals surface area contributed by atoms with Crippen molar-refractivity contribution in [2.75, 3.05) is 25.6 Å². The zero-order valence-electron chi connectivity index (χ0n) is 16.2. The molecule has 1 amide bonds. The zero-order valence-corrected chi connectivity index (χ0v) is 17.9. The summed E-state index contributed by atoms with van der Waals surface area (Å²) in [6.07, 6.45) is 0. The van der Waals surface area contributed by atoms with Crippen LogP contribution in [0.1, 0.15) is 12.5 Å². The Balaban J connectivity index is 1.72. The molecule has 144 valence electrons. The molecule has 0 atom stereocenters. The number of aliphatic imine (C=N–C) groups is 1. The van der Waals surface area contributed by atoms with E-state index in [9.17, 15) is 4.79 Å². The fourth-order valence-corrected chi connectivity index (χ4v) is 5.55. The average molecular weight is 412 g/mol. The van der Waals surface area contributed by atoms with E-state index in [1.54, 1.807) is 23.8 Å². The second-order valence-corrected chi connectivity index (χ2v) is 8.52. The van der Waals surface area contributed by atoms with Crippen LogP contribution < -0.4 is 9.64 Å². The molecule has 0 radical (unpaired) electrons. The predicted octanol–water partition coefficient (Wildman–Crippen LogP) is 5.00. The molecule has 2 aromatic rings. The SMILES string of the molecule is CCN1C(=O)C(=C2Sc3ccc(OC)cc3N2C)SC1=Nc1cccc(C)c1. The highest BCUT2D eigenvalue weighted by molar-refractivity contribution is 8.19. The van der Waals surface area contributed by atoms with Gasteiger partial charge in [0.2, 0.25) is 0 Å². The number of thioether (sulfide) groups is 2. The number of carbonyl (C=O) groups excluding carboxylic acids is 1. The van der Waals surface area contributed by atoms with Crippen molar-refractivity contribution in [1.82, 2.24) is 4.90 Å². The minimum absolute atomic E-state index is 0.00743. The molecule has 0 unspecified atom stereocenters. The molecule has 2 aliphatic heterocycles. The fraction of sp³-hybridized carbons (Fsp3) is 0.238. The van der Waals surface area contributed by atoms with Gasteiger partial charge in [-0.1, -0.05) is 23.9 Å². The Morgan fingerprint density at radius 1 is 1.14 bits per heavy atom. The maximum atomic E-state index is 13.1. The number of carbonyl (C=O) groups is 1. The van der Waals surface area contributed by atoms with Crippen molar-refractivity contribution in [3.8, 4) is 5.75 Å². The van der Waals surface area contributed by atoms with Crippen molar-refractivity contribution >= 4 is 46.0 Å². The van der Waals surface area contributed by atoms with Crippen LogP contribution in [0.3, 0.4) is 0 Å². The average Bonchev–Trinajstić information content (AvgIpc) is 3.17. The maximum Gasteiger partial charge on any atom is 0.269 e. The summed E-state index contributed by atoms with van der Waals surface area (Å²) in [6.45, 7) is 4.60. The number of aryl methyl sites for hydroxylation is 1. The van der Waals surface area contributed by atoms with Crippen LogP contribution in [0.2, 0.25) is 0 Å². The topological polar surface area (TPSA) is 45.1 Å². The van der Waals surface area contributed by atoms with E-state index in [1.807, 2.05) is 63.4 Å². The highest BCUT2D eigenvalue weighted by Crippen LogP contribution is 2.50. The van der Waals surface area contributed by atoms with E-state index in [4.69, 9.17) is 9.73 Å². The number of amidine groups is 1. The molecule has 0 saturated carbocycles. The Morgan fingerprint density at radius 2 is 1.96 bits per heavy atom. The summed E-state index contributed by atoms with van der Waals surface area (Å²) in [4.78, 5) is 23.5. The number of nitrogens with zero attached hydrogens (tertiary/aromatic N) is 3. The van der Waals surface area contributed by atoms with Gasteiger partial charge in [-0.3, -0.25) is 9.69 Å². The van der Waals surface area contributed by atoms with Crippen molar-refractivity contribution < 1.29 is 9.53 Å². The molecule has 0 aliphatic carbocycles. The van der Waals surface area contributed by atoms with Crippen LogP contribution in [0.25, 0.3) is 0 Å². The molecule has 1 saturated heterocycles. The molecule has 2 aromatic carbocycles. The third kappa shape index (κ3) is 3.29. The molecule has 2 heterocycles. The smallest absolute Gasteiger partial charge is 0.269 e. The van der Waals surface area contributed by atoms with Gasteiger partial charge in [0.25, 0.3) is 5.91 Å². The van der Waals surface area contributed by atoms with Crippen LogP contribution in [-0.4, -0.2) is 36.7 Å². The zero-order chi connectivity index (χ0) is 19.8. The van der Waals surface area contributed by atoms with Gasteiger partial charge in [-0.2, -0.15) is 0 Å². The number of benzene rings is 2. The summed E-state index contributed by atoms with van der Waals surface area (Å²) in [5.74, 6) is 0.813. The molecule has 0 N–H and O–H groups in total. The monoisotopic (exact) mass is 411 g/mol. The van der Waals surface area contributed by atoms with E-state index < -0.39 is 0 Å². The van der Waals surface area contributed by atoms with Gasteiger partial charge >= 0.3 is 0 Å². The quantitative estimate of drug-likeness (QED) is 0.665. The highest BCUT2D eigenvalue weighted by Gasteiger charge is 2.38. The Bertz CT molecular complexity index is 1020. The van der Waals surface area contributed by atoms with Crippen LogP contribution in [0, 0.1) is 6.92 Å². The first kappa shape index (κ1) is 19.0. The molecule has 0 spiro atoms. The Labute approximate surface area is 173 Å². The lowest BCUT2D eigenvalue weighted by atomic mass is 10.2. The molecule has 2 aliphatic rings. The first-order valence-electron chi connectivity index (χ1n) is 9.00. The van der Waals surface area contributed by atoms with Crippen molar-refractivity contribution in [3.63, 3.8) is 0 Å². The third-order valence-corrected chi connectivity index (χ3v) is 7.07. The largest absolute Gasteiger partial charge is 0.497 e. The number of ether oxygens (including phenoxy) is 1. The number of hydrogen-bond donors (Lipinski definition) is 0. The normalized spacial score (nSPS) is 20.3. The van der Waals surface area contributed by atoms with E-state index in [2.05, 4.69) is 4.90 Å². The van der Waals surface area contributed by atoms with Crippen molar-refractivity contribution in [3.05, 3.63) is 58.0 Å². The third-order valence-electron chi connectivity index (χ3n) is 4.64. The maximum absolute atomic E-state index is 13.1. The van der Waals surface area contributed by atoms with Crippen LogP contribution in [0.4, 0.5) is 11.4 Å². The summed E-state index contributed by atoms with van der Waals surface area (Å²) in [5, 5.41) is 1.66. The van der Waals surface area contributed by atoms with Gasteiger partial charge in [0.05, 0.1) is 23.5 Å². The van der Waals surface area contributed by atoms with Crippen LogP contribution in [-0.2, 0) is 4.79 Å². The molecule has 28 heavy (non-hydrogen) atoms. The number of hydrogen-bond acceptors (Lipinski definition) is 6. The van der Waals surface area contributed by atoms with E-state index in [0.717, 1.165) is 42.7 Å². The second kappa shape index (κ2) is 7.56. The standard InChI is InChI=1S/C21H21N3O2S2/c1-5-24-19(25)18(28-21(24)22-14-8-6-7-13(2)11-14)20-23(3)16-12-15(26-4)9-10-17(16)27-20/h6-12H,5H2,1-4H3.